The summed E-state index contributed by atoms with van der Waals surface area (Å²) in [6.45, 7) is 0.0282. The Morgan fingerprint density at radius 1 is 1.40 bits per heavy atom. The second-order valence-electron chi connectivity index (χ2n) is 6.12. The minimum atomic E-state index is -4.05. The summed E-state index contributed by atoms with van der Waals surface area (Å²) in [4.78, 5) is 12.7. The molecule has 1 aliphatic rings. The van der Waals surface area contributed by atoms with Crippen LogP contribution in [-0.2, 0) is 34.2 Å². The molecule has 0 heterocycles. The van der Waals surface area contributed by atoms with E-state index in [1.165, 1.54) is 17.3 Å². The Morgan fingerprint density at radius 3 is 2.72 bits per heavy atom. The fraction of sp³-hybridized carbons (Fsp3) is 0.500. The highest BCUT2D eigenvalue weighted by Crippen LogP contribution is 2.36. The molecule has 138 valence electrons. The van der Waals surface area contributed by atoms with Gasteiger partial charge in [-0.3, -0.25) is 4.79 Å². The third kappa shape index (κ3) is 4.64. The van der Waals surface area contributed by atoms with Crippen LogP contribution in [0.4, 0.5) is 0 Å². The average molecular weight is 388 g/mol. The van der Waals surface area contributed by atoms with E-state index in [0.29, 0.717) is 5.56 Å². The summed E-state index contributed by atoms with van der Waals surface area (Å²) >= 11 is 5.48. The molecule has 9 heteroatoms. The molecule has 1 amide bonds. The van der Waals surface area contributed by atoms with Gasteiger partial charge >= 0.3 is 0 Å². The van der Waals surface area contributed by atoms with Crippen LogP contribution in [0.15, 0.2) is 15.4 Å². The van der Waals surface area contributed by atoms with Crippen LogP contribution in [0.25, 0.3) is 0 Å². The third-order valence-corrected chi connectivity index (χ3v) is 5.46. The number of nitrogens with one attached hydrogen (secondary N) is 1. The molecule has 2 N–H and O–H groups in total. The van der Waals surface area contributed by atoms with Crippen LogP contribution in [0.1, 0.15) is 29.5 Å². The van der Waals surface area contributed by atoms with Gasteiger partial charge in [0.2, 0.25) is 5.91 Å². The van der Waals surface area contributed by atoms with Crippen LogP contribution in [0, 0.1) is 0 Å². The number of phenolic OH excluding ortho intramolecular Hbond substituents is 1. The van der Waals surface area contributed by atoms with E-state index in [4.69, 9.17) is 11.6 Å². The lowest BCUT2D eigenvalue weighted by Crippen LogP contribution is -2.25. The average Bonchev–Trinajstić information content (AvgIpc) is 2.58. The highest BCUT2D eigenvalue weighted by Gasteiger charge is 2.26. The number of nitrogens with zero attached hydrogens (tertiary/aromatic N) is 2. The van der Waals surface area contributed by atoms with Crippen molar-refractivity contribution >= 4 is 33.9 Å². The Balaban J connectivity index is 2.53. The molecule has 0 aliphatic heterocycles. The summed E-state index contributed by atoms with van der Waals surface area (Å²) in [5.41, 5.74) is 2.20. The highest BCUT2D eigenvalue weighted by atomic mass is 35.5. The van der Waals surface area contributed by atoms with Crippen molar-refractivity contribution in [1.82, 2.24) is 10.2 Å². The number of aryl methyl sites for hydroxylation is 1. The maximum atomic E-state index is 12.5. The van der Waals surface area contributed by atoms with E-state index in [0.717, 1.165) is 36.8 Å². The van der Waals surface area contributed by atoms with Crippen molar-refractivity contribution in [3.8, 4) is 5.75 Å². The largest absolute Gasteiger partial charge is 0.506 e. The van der Waals surface area contributed by atoms with E-state index in [-0.39, 0.29) is 29.0 Å². The van der Waals surface area contributed by atoms with Gasteiger partial charge in [0.05, 0.1) is 0 Å². The number of sulfonamides is 1. The first kappa shape index (κ1) is 19.5. The van der Waals surface area contributed by atoms with Crippen LogP contribution >= 0.6 is 11.6 Å². The highest BCUT2D eigenvalue weighted by molar-refractivity contribution is 7.90. The van der Waals surface area contributed by atoms with Gasteiger partial charge in [-0.05, 0) is 42.9 Å². The number of benzene rings is 1. The van der Waals surface area contributed by atoms with Gasteiger partial charge in [0.25, 0.3) is 10.0 Å². The minimum absolute atomic E-state index is 0.0282. The summed E-state index contributed by atoms with van der Waals surface area (Å²) in [7, 11) is -0.744. The van der Waals surface area contributed by atoms with Crippen molar-refractivity contribution in [2.75, 3.05) is 20.0 Å². The van der Waals surface area contributed by atoms with Crippen LogP contribution in [0.2, 0.25) is 0 Å². The lowest BCUT2D eigenvalue weighted by molar-refractivity contribution is -0.118. The van der Waals surface area contributed by atoms with Gasteiger partial charge in [-0.25, -0.2) is 0 Å². The predicted octanol–water partition coefficient (Wildman–Crippen LogP) is 1.40. The van der Waals surface area contributed by atoms with Gasteiger partial charge in [-0.2, -0.15) is 8.42 Å². The lowest BCUT2D eigenvalue weighted by Gasteiger charge is -2.22. The van der Waals surface area contributed by atoms with Crippen LogP contribution in [0.5, 0.6) is 5.75 Å². The molecule has 25 heavy (non-hydrogen) atoms. The van der Waals surface area contributed by atoms with E-state index in [9.17, 15) is 18.3 Å². The van der Waals surface area contributed by atoms with Gasteiger partial charge in [0.1, 0.15) is 22.9 Å². The number of hydrogen-bond donors (Lipinski definition) is 2. The van der Waals surface area contributed by atoms with E-state index < -0.39 is 10.0 Å². The molecular weight excluding hydrogens is 366 g/mol. The zero-order valence-corrected chi connectivity index (χ0v) is 15.8. The summed E-state index contributed by atoms with van der Waals surface area (Å²) in [6, 6.07) is 1.50. The van der Waals surface area contributed by atoms with Crippen molar-refractivity contribution in [2.24, 2.45) is 4.40 Å². The van der Waals surface area contributed by atoms with Crippen molar-refractivity contribution in [1.29, 1.82) is 0 Å². The Bertz CT molecular complexity index is 791. The quantitative estimate of drug-likeness (QED) is 0.436. The fourth-order valence-corrected chi connectivity index (χ4v) is 3.96. The Labute approximate surface area is 152 Å². The number of rotatable bonds is 6. The van der Waals surface area contributed by atoms with Gasteiger partial charge in [-0.15, -0.1) is 16.0 Å². The molecular formula is C16H22ClN3O4S. The maximum Gasteiger partial charge on any atom is 0.287 e. The number of carbonyl (C=O) groups excluding carboxylic acids is 1. The van der Waals surface area contributed by atoms with Gasteiger partial charge < -0.3 is 15.3 Å². The first-order chi connectivity index (χ1) is 11.8. The number of halogens is 1. The molecule has 0 atom stereocenters. The minimum Gasteiger partial charge on any atom is -0.506 e. The summed E-state index contributed by atoms with van der Waals surface area (Å²) in [6.07, 6.45) is 4.53. The first-order valence-corrected chi connectivity index (χ1v) is 9.90. The van der Waals surface area contributed by atoms with Gasteiger partial charge in [0, 0.05) is 26.2 Å². The van der Waals surface area contributed by atoms with Crippen molar-refractivity contribution < 1.29 is 18.3 Å². The maximum absolute atomic E-state index is 12.5. The molecule has 7 nitrogen and oxygen atoms in total. The molecule has 0 spiro atoms. The third-order valence-electron chi connectivity index (χ3n) is 3.98. The molecule has 1 aromatic rings. The standard InChI is InChI=1S/C16H22ClN3O4S/c1-20(2)10-19-25(23,24)14-7-11-5-3-4-6-12(11)13(16(14)22)9-18-15(21)8-17/h7,10,22H,3-6,8-9H2,1-2H3,(H,18,21)/b19-10+. The lowest BCUT2D eigenvalue weighted by atomic mass is 9.87. The first-order valence-electron chi connectivity index (χ1n) is 7.92. The summed E-state index contributed by atoms with van der Waals surface area (Å²) in [5.74, 6) is -0.940. The smallest absolute Gasteiger partial charge is 0.287 e. The Morgan fingerprint density at radius 2 is 2.08 bits per heavy atom. The predicted molar refractivity (Wildman–Crippen MR) is 96.7 cm³/mol. The number of alkyl halides is 1. The molecule has 0 saturated carbocycles. The molecule has 0 bridgehead atoms. The molecule has 0 aromatic heterocycles. The van der Waals surface area contributed by atoms with E-state index >= 15 is 0 Å². The van der Waals surface area contributed by atoms with Gasteiger partial charge in [0.15, 0.2) is 0 Å². The van der Waals surface area contributed by atoms with Crippen molar-refractivity contribution in [3.63, 3.8) is 0 Å². The number of amides is 1. The SMILES string of the molecule is CN(C)/C=N/S(=O)(=O)c1cc2c(c(CNC(=O)CCl)c1O)CCCC2. The molecule has 0 fully saturated rings. The van der Waals surface area contributed by atoms with E-state index in [1.807, 2.05) is 0 Å². The molecule has 2 rings (SSSR count). The van der Waals surface area contributed by atoms with Crippen LogP contribution < -0.4 is 5.32 Å². The van der Waals surface area contributed by atoms with Crippen molar-refractivity contribution in [2.45, 2.75) is 37.1 Å². The topological polar surface area (TPSA) is 99.1 Å². The van der Waals surface area contributed by atoms with E-state index in [2.05, 4.69) is 9.71 Å². The molecule has 0 unspecified atom stereocenters. The molecule has 0 radical (unpaired) electrons. The normalized spacial score (nSPS) is 14.4. The molecule has 1 aromatic carbocycles. The second kappa shape index (κ2) is 8.05. The monoisotopic (exact) mass is 387 g/mol. The number of aromatic hydroxyl groups is 1. The van der Waals surface area contributed by atoms with Crippen LogP contribution in [-0.4, -0.2) is 50.6 Å². The molecule has 1 aliphatic carbocycles. The van der Waals surface area contributed by atoms with Crippen LogP contribution in [0.3, 0.4) is 0 Å². The fourth-order valence-electron chi connectivity index (χ4n) is 2.79. The van der Waals surface area contributed by atoms with Gasteiger partial charge in [-0.1, -0.05) is 0 Å². The van der Waals surface area contributed by atoms with E-state index in [1.54, 1.807) is 14.1 Å². The Hall–Kier alpha value is -1.80. The number of phenols is 1. The molecule has 0 saturated heterocycles. The zero-order valence-electron chi connectivity index (χ0n) is 14.2. The zero-order chi connectivity index (χ0) is 18.6. The number of hydrogen-bond acceptors (Lipinski definition) is 4. The summed E-state index contributed by atoms with van der Waals surface area (Å²) < 4.78 is 28.6. The summed E-state index contributed by atoms with van der Waals surface area (Å²) in [5, 5.41) is 13.2. The number of fused-ring (bicyclic) bond motifs is 1. The second-order valence-corrected chi connectivity index (χ2v) is 7.98. The Kier molecular flexibility index (Phi) is 6.29. The number of carbonyl (C=O) groups is 1. The van der Waals surface area contributed by atoms with Crippen molar-refractivity contribution in [3.05, 3.63) is 22.8 Å².